The monoisotopic (exact) mass is 489 g/mol. The molecule has 2 aromatic carbocycles. The first kappa shape index (κ1) is 23.2. The van der Waals surface area contributed by atoms with Gasteiger partial charge in [0.25, 0.3) is 5.91 Å². The zero-order chi connectivity index (χ0) is 24.5. The topological polar surface area (TPSA) is 58.7 Å². The highest BCUT2D eigenvalue weighted by atomic mass is 35.5. The lowest BCUT2D eigenvalue weighted by molar-refractivity contribution is -0.135. The van der Waals surface area contributed by atoms with E-state index in [1.807, 2.05) is 58.9 Å². The molecular formula is C28H28ClN3O3. The van der Waals surface area contributed by atoms with Gasteiger partial charge in [0, 0.05) is 31.1 Å². The fourth-order valence-electron chi connectivity index (χ4n) is 4.73. The maximum atomic E-state index is 13.6. The minimum absolute atomic E-state index is 0.0621. The normalized spacial score (nSPS) is 17.1. The molecule has 4 aromatic rings. The van der Waals surface area contributed by atoms with Gasteiger partial charge in [-0.15, -0.1) is 11.6 Å². The van der Waals surface area contributed by atoms with Crippen molar-refractivity contribution in [1.82, 2.24) is 14.4 Å². The number of aryl methyl sites for hydroxylation is 1. The molecule has 6 nitrogen and oxygen atoms in total. The van der Waals surface area contributed by atoms with Crippen molar-refractivity contribution < 1.29 is 14.0 Å². The molecule has 5 rings (SSSR count). The van der Waals surface area contributed by atoms with E-state index in [9.17, 15) is 9.59 Å². The van der Waals surface area contributed by atoms with E-state index in [2.05, 4.69) is 31.2 Å². The Morgan fingerprint density at radius 3 is 2.51 bits per heavy atom. The molecule has 2 atom stereocenters. The average Bonchev–Trinajstić information content (AvgIpc) is 3.47. The summed E-state index contributed by atoms with van der Waals surface area (Å²) >= 11 is 6.50. The van der Waals surface area contributed by atoms with Crippen molar-refractivity contribution in [3.63, 3.8) is 0 Å². The summed E-state index contributed by atoms with van der Waals surface area (Å²) in [4.78, 5) is 30.3. The Morgan fingerprint density at radius 2 is 1.80 bits per heavy atom. The molecule has 1 fully saturated rings. The van der Waals surface area contributed by atoms with Gasteiger partial charge in [0.2, 0.25) is 11.6 Å². The van der Waals surface area contributed by atoms with Gasteiger partial charge in [-0.05, 0) is 37.1 Å². The van der Waals surface area contributed by atoms with Crippen LogP contribution in [0.2, 0.25) is 0 Å². The molecule has 0 unspecified atom stereocenters. The summed E-state index contributed by atoms with van der Waals surface area (Å²) in [5, 5.41) is 0.162. The number of amides is 2. The zero-order valence-electron chi connectivity index (χ0n) is 19.9. The van der Waals surface area contributed by atoms with E-state index in [1.54, 1.807) is 11.2 Å². The summed E-state index contributed by atoms with van der Waals surface area (Å²) in [7, 11) is 0. The third kappa shape index (κ3) is 4.58. The van der Waals surface area contributed by atoms with Gasteiger partial charge in [-0.2, -0.15) is 0 Å². The Morgan fingerprint density at radius 1 is 1.06 bits per heavy atom. The second-order valence-corrected chi connectivity index (χ2v) is 9.62. The van der Waals surface area contributed by atoms with E-state index >= 15 is 0 Å². The molecule has 0 radical (unpaired) electrons. The summed E-state index contributed by atoms with van der Waals surface area (Å²) in [5.74, 6) is -0.189. The van der Waals surface area contributed by atoms with E-state index < -0.39 is 5.38 Å². The number of fused-ring (bicyclic) bond motifs is 1. The first-order valence-electron chi connectivity index (χ1n) is 11.8. The second kappa shape index (κ2) is 9.62. The number of nitrogens with zero attached hydrogens (tertiary/aromatic N) is 3. The Hall–Kier alpha value is -3.51. The lowest BCUT2D eigenvalue weighted by Gasteiger charge is -2.40. The Bertz CT molecular complexity index is 1340. The first-order chi connectivity index (χ1) is 16.9. The van der Waals surface area contributed by atoms with Crippen LogP contribution in [0.1, 0.15) is 39.5 Å². The van der Waals surface area contributed by atoms with Crippen molar-refractivity contribution in [2.24, 2.45) is 0 Å². The fourth-order valence-corrected chi connectivity index (χ4v) is 5.00. The number of carbonyl (C=O) groups is 2. The molecule has 2 aromatic heterocycles. The van der Waals surface area contributed by atoms with E-state index in [1.165, 1.54) is 5.56 Å². The van der Waals surface area contributed by atoms with E-state index in [0.29, 0.717) is 37.6 Å². The van der Waals surface area contributed by atoms with Gasteiger partial charge in [0.15, 0.2) is 0 Å². The standard InChI is InChI=1S/C28H28ClN3O3/c1-19-8-10-21(11-9-19)18-32-24(16-23-12-15-35-28(23)32)26(33)30-13-14-31(20(2)17-30)27(34)25(29)22-6-4-3-5-7-22/h3-12,15-16,20,25H,13-14,17-18H2,1-2H3/t20-,25+/m0/s1. The van der Waals surface area contributed by atoms with Crippen LogP contribution in [-0.2, 0) is 11.3 Å². The van der Waals surface area contributed by atoms with Gasteiger partial charge < -0.3 is 18.8 Å². The summed E-state index contributed by atoms with van der Waals surface area (Å²) in [6.45, 7) is 5.89. The van der Waals surface area contributed by atoms with Crippen LogP contribution in [0.25, 0.3) is 11.1 Å². The number of hydrogen-bond donors (Lipinski definition) is 0. The number of carbonyl (C=O) groups excluding carboxylic acids is 2. The Kier molecular flexibility index (Phi) is 6.39. The molecule has 180 valence electrons. The summed E-state index contributed by atoms with van der Waals surface area (Å²) < 4.78 is 7.67. The zero-order valence-corrected chi connectivity index (χ0v) is 20.6. The van der Waals surface area contributed by atoms with E-state index in [-0.39, 0.29) is 17.9 Å². The van der Waals surface area contributed by atoms with Crippen molar-refractivity contribution >= 4 is 34.5 Å². The summed E-state index contributed by atoms with van der Waals surface area (Å²) in [6.07, 6.45) is 1.65. The predicted molar refractivity (Wildman–Crippen MR) is 137 cm³/mol. The largest absolute Gasteiger partial charge is 0.448 e. The van der Waals surface area contributed by atoms with Gasteiger partial charge in [0.05, 0.1) is 12.8 Å². The van der Waals surface area contributed by atoms with Crippen LogP contribution in [0.15, 0.2) is 77.4 Å². The van der Waals surface area contributed by atoms with Crippen molar-refractivity contribution in [2.45, 2.75) is 31.8 Å². The molecule has 0 bridgehead atoms. The number of halogens is 1. The van der Waals surface area contributed by atoms with Gasteiger partial charge >= 0.3 is 0 Å². The third-order valence-corrected chi connectivity index (χ3v) is 7.13. The van der Waals surface area contributed by atoms with Gasteiger partial charge in [-0.3, -0.25) is 9.59 Å². The molecule has 1 aliphatic rings. The maximum Gasteiger partial charge on any atom is 0.270 e. The molecular weight excluding hydrogens is 462 g/mol. The lowest BCUT2D eigenvalue weighted by atomic mass is 10.1. The number of aromatic nitrogens is 1. The van der Waals surface area contributed by atoms with Gasteiger partial charge in [-0.25, -0.2) is 0 Å². The predicted octanol–water partition coefficient (Wildman–Crippen LogP) is 5.24. The van der Waals surface area contributed by atoms with Crippen LogP contribution in [0.4, 0.5) is 0 Å². The number of piperazine rings is 1. The van der Waals surface area contributed by atoms with Crippen molar-refractivity contribution in [3.8, 4) is 0 Å². The van der Waals surface area contributed by atoms with Gasteiger partial charge in [0.1, 0.15) is 11.1 Å². The maximum absolute atomic E-state index is 13.6. The molecule has 2 amide bonds. The third-order valence-electron chi connectivity index (χ3n) is 6.69. The van der Waals surface area contributed by atoms with Gasteiger partial charge in [-0.1, -0.05) is 60.2 Å². The molecule has 35 heavy (non-hydrogen) atoms. The van der Waals surface area contributed by atoms with Crippen LogP contribution < -0.4 is 0 Å². The number of rotatable bonds is 5. The number of furan rings is 1. The van der Waals surface area contributed by atoms with Crippen LogP contribution in [0, 0.1) is 6.92 Å². The van der Waals surface area contributed by atoms with Crippen molar-refractivity contribution in [2.75, 3.05) is 19.6 Å². The van der Waals surface area contributed by atoms with Crippen LogP contribution in [-0.4, -0.2) is 51.9 Å². The number of benzene rings is 2. The lowest BCUT2D eigenvalue weighted by Crippen LogP contribution is -2.56. The minimum Gasteiger partial charge on any atom is -0.448 e. The fraction of sp³-hybridized carbons (Fsp3) is 0.286. The van der Waals surface area contributed by atoms with Crippen LogP contribution in [0.3, 0.4) is 0 Å². The second-order valence-electron chi connectivity index (χ2n) is 9.19. The van der Waals surface area contributed by atoms with E-state index in [0.717, 1.165) is 16.5 Å². The molecule has 3 heterocycles. The quantitative estimate of drug-likeness (QED) is 0.360. The summed E-state index contributed by atoms with van der Waals surface area (Å²) in [6, 6.07) is 21.3. The molecule has 0 spiro atoms. The average molecular weight is 490 g/mol. The first-order valence-corrected chi connectivity index (χ1v) is 12.3. The summed E-state index contributed by atoms with van der Waals surface area (Å²) in [5.41, 5.74) is 4.33. The van der Waals surface area contributed by atoms with Crippen molar-refractivity contribution in [1.29, 1.82) is 0 Å². The highest BCUT2D eigenvalue weighted by molar-refractivity contribution is 6.30. The van der Waals surface area contributed by atoms with E-state index in [4.69, 9.17) is 16.0 Å². The number of hydrogen-bond acceptors (Lipinski definition) is 3. The Balaban J connectivity index is 1.33. The molecule has 0 N–H and O–H groups in total. The highest BCUT2D eigenvalue weighted by Gasteiger charge is 2.34. The number of alkyl halides is 1. The molecule has 7 heteroatoms. The molecule has 0 aliphatic carbocycles. The molecule has 1 saturated heterocycles. The Labute approximate surface area is 209 Å². The van der Waals surface area contributed by atoms with Crippen LogP contribution in [0.5, 0.6) is 0 Å². The highest BCUT2D eigenvalue weighted by Crippen LogP contribution is 2.27. The smallest absolute Gasteiger partial charge is 0.270 e. The SMILES string of the molecule is Cc1ccc(Cn2c(C(=O)N3CCN(C(=O)[C@H](Cl)c4ccccc4)[C@@H](C)C3)cc3ccoc32)cc1. The molecule has 1 aliphatic heterocycles. The minimum atomic E-state index is -0.737. The molecule has 0 saturated carbocycles. The van der Waals surface area contributed by atoms with Crippen LogP contribution >= 0.6 is 11.6 Å². The van der Waals surface area contributed by atoms with Crippen molar-refractivity contribution in [3.05, 3.63) is 95.4 Å².